The minimum Gasteiger partial charge on any atom is -0.368 e. The predicted molar refractivity (Wildman–Crippen MR) is 69.1 cm³/mol. The van der Waals surface area contributed by atoms with E-state index in [1.165, 1.54) is 6.20 Å². The predicted octanol–water partition coefficient (Wildman–Crippen LogP) is 2.02. The zero-order valence-corrected chi connectivity index (χ0v) is 9.82. The van der Waals surface area contributed by atoms with Crippen molar-refractivity contribution < 1.29 is 4.79 Å². The normalized spacial score (nSPS) is 12.8. The number of carbonyl (C=O) groups is 1. The van der Waals surface area contributed by atoms with E-state index in [0.29, 0.717) is 27.8 Å². The average Bonchev–Trinajstić information content (AvgIpc) is 2.44. The van der Waals surface area contributed by atoms with Gasteiger partial charge in [-0.15, -0.1) is 0 Å². The summed E-state index contributed by atoms with van der Waals surface area (Å²) in [4.78, 5) is 19.8. The van der Waals surface area contributed by atoms with Gasteiger partial charge in [-0.05, 0) is 18.2 Å². The zero-order chi connectivity index (χ0) is 12.7. The van der Waals surface area contributed by atoms with Gasteiger partial charge in [-0.3, -0.25) is 4.79 Å². The number of carbonyl (C=O) groups excluding carboxylic acids is 1. The molecule has 7 heteroatoms. The van der Waals surface area contributed by atoms with Gasteiger partial charge in [0.05, 0.1) is 11.4 Å². The molecule has 90 valence electrons. The third-order valence-electron chi connectivity index (χ3n) is 2.53. The van der Waals surface area contributed by atoms with Crippen LogP contribution in [0.25, 0.3) is 0 Å². The number of nitrogens with two attached hydrogens (primary N) is 1. The number of anilines is 4. The molecule has 0 spiro atoms. The largest absolute Gasteiger partial charge is 0.368 e. The molecule has 18 heavy (non-hydrogen) atoms. The van der Waals surface area contributed by atoms with Gasteiger partial charge >= 0.3 is 0 Å². The van der Waals surface area contributed by atoms with Crippen LogP contribution < -0.4 is 16.4 Å². The highest BCUT2D eigenvalue weighted by molar-refractivity contribution is 6.31. The standard InChI is InChI=1S/C11H8ClN5O/c12-5-1-2-7-8(3-5)15-9-6(10(18)16-7)4-14-11(13)17-9/h1-4H,(H,16,18)(H3,13,14,15,17). The van der Waals surface area contributed by atoms with Gasteiger partial charge < -0.3 is 16.4 Å². The summed E-state index contributed by atoms with van der Waals surface area (Å²) in [7, 11) is 0. The van der Waals surface area contributed by atoms with Crippen molar-refractivity contribution in [3.8, 4) is 0 Å². The van der Waals surface area contributed by atoms with E-state index in [1.807, 2.05) is 0 Å². The minimum absolute atomic E-state index is 0.0968. The monoisotopic (exact) mass is 261 g/mol. The Labute approximate surface area is 107 Å². The van der Waals surface area contributed by atoms with Crippen molar-refractivity contribution in [2.24, 2.45) is 0 Å². The number of nitrogens with zero attached hydrogens (tertiary/aromatic N) is 2. The Bertz CT molecular complexity index is 658. The van der Waals surface area contributed by atoms with Gasteiger partial charge in [-0.1, -0.05) is 11.6 Å². The molecule has 2 heterocycles. The van der Waals surface area contributed by atoms with E-state index in [-0.39, 0.29) is 11.9 Å². The van der Waals surface area contributed by atoms with Gasteiger partial charge in [-0.2, -0.15) is 4.98 Å². The van der Waals surface area contributed by atoms with Crippen LogP contribution in [0, 0.1) is 0 Å². The number of halogens is 1. The number of benzene rings is 1. The third kappa shape index (κ3) is 1.72. The summed E-state index contributed by atoms with van der Waals surface area (Å²) < 4.78 is 0. The number of amides is 1. The van der Waals surface area contributed by atoms with E-state index in [9.17, 15) is 4.79 Å². The molecule has 0 atom stereocenters. The average molecular weight is 262 g/mol. The molecule has 0 saturated carbocycles. The van der Waals surface area contributed by atoms with Gasteiger partial charge in [0.1, 0.15) is 11.4 Å². The Balaban J connectivity index is 2.18. The van der Waals surface area contributed by atoms with Gasteiger partial charge in [0, 0.05) is 11.2 Å². The number of hydrogen-bond donors (Lipinski definition) is 3. The summed E-state index contributed by atoms with van der Waals surface area (Å²) in [6.45, 7) is 0. The number of fused-ring (bicyclic) bond motifs is 2. The van der Waals surface area contributed by atoms with Crippen LogP contribution in [0.15, 0.2) is 24.4 Å². The molecule has 0 fully saturated rings. The van der Waals surface area contributed by atoms with Crippen molar-refractivity contribution in [3.63, 3.8) is 0 Å². The van der Waals surface area contributed by atoms with E-state index < -0.39 is 0 Å². The smallest absolute Gasteiger partial charge is 0.261 e. The number of nitrogens with one attached hydrogen (secondary N) is 2. The van der Waals surface area contributed by atoms with Crippen LogP contribution in [0.5, 0.6) is 0 Å². The van der Waals surface area contributed by atoms with Gasteiger partial charge in [0.25, 0.3) is 5.91 Å². The maximum atomic E-state index is 12.0. The summed E-state index contributed by atoms with van der Waals surface area (Å²) in [6, 6.07) is 5.11. The second-order valence-electron chi connectivity index (χ2n) is 3.76. The van der Waals surface area contributed by atoms with Crippen molar-refractivity contribution >= 4 is 40.6 Å². The van der Waals surface area contributed by atoms with E-state index in [0.717, 1.165) is 0 Å². The summed E-state index contributed by atoms with van der Waals surface area (Å²) >= 11 is 5.91. The molecule has 4 N–H and O–H groups in total. The van der Waals surface area contributed by atoms with Crippen LogP contribution in [0.1, 0.15) is 10.4 Å². The molecule has 0 aliphatic carbocycles. The molecule has 1 amide bonds. The highest BCUT2D eigenvalue weighted by Gasteiger charge is 2.20. The molecular weight excluding hydrogens is 254 g/mol. The van der Waals surface area contributed by atoms with Crippen LogP contribution in [-0.2, 0) is 0 Å². The minimum atomic E-state index is -0.293. The van der Waals surface area contributed by atoms with Crippen LogP contribution >= 0.6 is 11.6 Å². The van der Waals surface area contributed by atoms with Crippen molar-refractivity contribution in [3.05, 3.63) is 35.0 Å². The van der Waals surface area contributed by atoms with Crippen molar-refractivity contribution in [1.82, 2.24) is 9.97 Å². The second-order valence-corrected chi connectivity index (χ2v) is 4.20. The first-order valence-electron chi connectivity index (χ1n) is 5.14. The topological polar surface area (TPSA) is 92.9 Å². The molecule has 6 nitrogen and oxygen atoms in total. The van der Waals surface area contributed by atoms with Crippen molar-refractivity contribution in [2.75, 3.05) is 16.4 Å². The Hall–Kier alpha value is -2.34. The number of nitrogen functional groups attached to an aromatic ring is 1. The third-order valence-corrected chi connectivity index (χ3v) is 2.77. The van der Waals surface area contributed by atoms with Crippen molar-refractivity contribution in [2.45, 2.75) is 0 Å². The van der Waals surface area contributed by atoms with Gasteiger partial charge in [0.2, 0.25) is 5.95 Å². The number of hydrogen-bond acceptors (Lipinski definition) is 5. The first-order chi connectivity index (χ1) is 8.63. The fourth-order valence-corrected chi connectivity index (χ4v) is 1.88. The fourth-order valence-electron chi connectivity index (χ4n) is 1.70. The van der Waals surface area contributed by atoms with E-state index >= 15 is 0 Å². The number of rotatable bonds is 0. The Morgan fingerprint density at radius 3 is 2.89 bits per heavy atom. The Morgan fingerprint density at radius 2 is 2.06 bits per heavy atom. The molecule has 1 aromatic heterocycles. The van der Waals surface area contributed by atoms with Gasteiger partial charge in [-0.25, -0.2) is 4.98 Å². The van der Waals surface area contributed by atoms with Crippen LogP contribution in [0.2, 0.25) is 5.02 Å². The first kappa shape index (κ1) is 10.8. The van der Waals surface area contributed by atoms with Crippen LogP contribution in [0.4, 0.5) is 23.1 Å². The lowest BCUT2D eigenvalue weighted by Crippen LogP contribution is -2.12. The first-order valence-corrected chi connectivity index (χ1v) is 5.52. The molecule has 0 saturated heterocycles. The molecule has 0 unspecified atom stereocenters. The summed E-state index contributed by atoms with van der Waals surface area (Å²) in [5, 5.41) is 6.32. The summed E-state index contributed by atoms with van der Waals surface area (Å²) in [5.41, 5.74) is 7.12. The molecular formula is C11H8ClN5O. The molecule has 0 radical (unpaired) electrons. The van der Waals surface area contributed by atoms with Crippen molar-refractivity contribution in [1.29, 1.82) is 0 Å². The van der Waals surface area contributed by atoms with E-state index in [1.54, 1.807) is 18.2 Å². The molecule has 2 aromatic rings. The quantitative estimate of drug-likeness (QED) is 0.675. The Morgan fingerprint density at radius 1 is 1.22 bits per heavy atom. The lowest BCUT2D eigenvalue weighted by molar-refractivity contribution is 0.102. The summed E-state index contributed by atoms with van der Waals surface area (Å²) in [5.74, 6) is 0.166. The van der Waals surface area contributed by atoms with Crippen LogP contribution in [0.3, 0.4) is 0 Å². The molecule has 1 aliphatic heterocycles. The van der Waals surface area contributed by atoms with E-state index in [2.05, 4.69) is 20.6 Å². The summed E-state index contributed by atoms with van der Waals surface area (Å²) in [6.07, 6.45) is 1.38. The maximum Gasteiger partial charge on any atom is 0.261 e. The Kier molecular flexibility index (Phi) is 2.31. The maximum absolute atomic E-state index is 12.0. The van der Waals surface area contributed by atoms with Crippen LogP contribution in [-0.4, -0.2) is 15.9 Å². The second kappa shape index (κ2) is 3.85. The SMILES string of the molecule is Nc1ncc2c(n1)Nc1cc(Cl)ccc1NC2=O. The highest BCUT2D eigenvalue weighted by atomic mass is 35.5. The molecule has 0 bridgehead atoms. The molecule has 1 aliphatic rings. The fraction of sp³-hybridized carbons (Fsp3) is 0. The van der Waals surface area contributed by atoms with Gasteiger partial charge in [0.15, 0.2) is 0 Å². The molecule has 1 aromatic carbocycles. The zero-order valence-electron chi connectivity index (χ0n) is 9.07. The number of aromatic nitrogens is 2. The van der Waals surface area contributed by atoms with E-state index in [4.69, 9.17) is 17.3 Å². The highest BCUT2D eigenvalue weighted by Crippen LogP contribution is 2.32. The molecule has 3 rings (SSSR count). The lowest BCUT2D eigenvalue weighted by atomic mass is 10.2. The lowest BCUT2D eigenvalue weighted by Gasteiger charge is -2.07.